The molecule has 2 aromatic carbocycles. The van der Waals surface area contributed by atoms with Gasteiger partial charge in [0.15, 0.2) is 0 Å². The van der Waals surface area contributed by atoms with Crippen molar-refractivity contribution in [1.29, 1.82) is 0 Å². The number of carbonyl (C=O) groups is 2. The number of likely N-dealkylation sites (tertiary alicyclic amines) is 1. The number of carbonyl (C=O) groups excluding carboxylic acids is 2. The molecule has 1 aliphatic rings. The predicted molar refractivity (Wildman–Crippen MR) is 106 cm³/mol. The van der Waals surface area contributed by atoms with Gasteiger partial charge in [-0.15, -0.1) is 6.58 Å². The Morgan fingerprint density at radius 2 is 1.96 bits per heavy atom. The summed E-state index contributed by atoms with van der Waals surface area (Å²) < 4.78 is 6.11. The highest BCUT2D eigenvalue weighted by molar-refractivity contribution is 9.10. The smallest absolute Gasteiger partial charge is 0.295 e. The zero-order chi connectivity index (χ0) is 19.6. The first-order valence-corrected chi connectivity index (χ1v) is 9.06. The average Bonchev–Trinajstić information content (AvgIpc) is 2.93. The number of benzene rings is 2. The first-order valence-electron chi connectivity index (χ1n) is 8.27. The summed E-state index contributed by atoms with van der Waals surface area (Å²) >= 11 is 3.34. The third kappa shape index (κ3) is 3.53. The molecule has 0 unspecified atom stereocenters. The minimum absolute atomic E-state index is 0.0532. The Kier molecular flexibility index (Phi) is 5.46. The third-order valence-electron chi connectivity index (χ3n) is 4.39. The Bertz CT molecular complexity index is 933. The van der Waals surface area contributed by atoms with Gasteiger partial charge in [-0.1, -0.05) is 46.3 Å². The van der Waals surface area contributed by atoms with E-state index in [1.54, 1.807) is 61.7 Å². The van der Waals surface area contributed by atoms with Gasteiger partial charge in [-0.3, -0.25) is 9.59 Å². The first kappa shape index (κ1) is 18.9. The van der Waals surface area contributed by atoms with Gasteiger partial charge in [0.2, 0.25) is 0 Å². The summed E-state index contributed by atoms with van der Waals surface area (Å²) in [6, 6.07) is 13.3. The summed E-state index contributed by atoms with van der Waals surface area (Å²) in [6.07, 6.45) is 1.55. The number of aliphatic hydroxyl groups excluding tert-OH is 1. The van der Waals surface area contributed by atoms with Crippen molar-refractivity contribution in [3.63, 3.8) is 0 Å². The standard InChI is InChI=1S/C21H18BrNO4/c1-3-11-23-18(14-5-4-6-16(12-14)27-2)17(20(25)21(23)26)19(24)13-7-9-15(22)10-8-13/h3-10,12,18,24H,1,11H2,2H3/t18-/m1/s1. The van der Waals surface area contributed by atoms with Crippen molar-refractivity contribution >= 4 is 33.4 Å². The minimum Gasteiger partial charge on any atom is -0.507 e. The molecule has 1 atom stereocenters. The number of rotatable bonds is 5. The van der Waals surface area contributed by atoms with Crippen LogP contribution in [-0.4, -0.2) is 35.4 Å². The normalized spacial score (nSPS) is 18.6. The second kappa shape index (κ2) is 7.80. The van der Waals surface area contributed by atoms with Crippen molar-refractivity contribution in [3.8, 4) is 5.75 Å². The van der Waals surface area contributed by atoms with Crippen LogP contribution in [0.3, 0.4) is 0 Å². The van der Waals surface area contributed by atoms with Crippen LogP contribution >= 0.6 is 15.9 Å². The van der Waals surface area contributed by atoms with Crippen LogP contribution in [0.25, 0.3) is 5.76 Å². The number of ether oxygens (including phenoxy) is 1. The van der Waals surface area contributed by atoms with Crippen LogP contribution in [0.2, 0.25) is 0 Å². The van der Waals surface area contributed by atoms with E-state index < -0.39 is 17.7 Å². The van der Waals surface area contributed by atoms with Gasteiger partial charge >= 0.3 is 0 Å². The van der Waals surface area contributed by atoms with Gasteiger partial charge in [-0.2, -0.15) is 0 Å². The molecule has 6 heteroatoms. The topological polar surface area (TPSA) is 66.8 Å². The van der Waals surface area contributed by atoms with Crippen LogP contribution in [-0.2, 0) is 9.59 Å². The van der Waals surface area contributed by atoms with Crippen LogP contribution in [0, 0.1) is 0 Å². The van der Waals surface area contributed by atoms with E-state index in [-0.39, 0.29) is 17.9 Å². The first-order chi connectivity index (χ1) is 13.0. The van der Waals surface area contributed by atoms with Crippen molar-refractivity contribution in [3.05, 3.63) is 82.4 Å². The molecule has 138 valence electrons. The Hall–Kier alpha value is -2.86. The van der Waals surface area contributed by atoms with E-state index in [4.69, 9.17) is 4.74 Å². The number of hydrogen-bond donors (Lipinski definition) is 1. The van der Waals surface area contributed by atoms with Crippen LogP contribution in [0.4, 0.5) is 0 Å². The van der Waals surface area contributed by atoms with Crippen molar-refractivity contribution in [2.45, 2.75) is 6.04 Å². The molecule has 0 bridgehead atoms. The summed E-state index contributed by atoms with van der Waals surface area (Å²) in [6.45, 7) is 3.85. The molecule has 1 N–H and O–H groups in total. The van der Waals surface area contributed by atoms with Crippen LogP contribution in [0.15, 0.2) is 71.2 Å². The van der Waals surface area contributed by atoms with E-state index in [0.717, 1.165) is 4.47 Å². The van der Waals surface area contributed by atoms with Gasteiger partial charge in [0.1, 0.15) is 11.5 Å². The Morgan fingerprint density at radius 1 is 1.26 bits per heavy atom. The van der Waals surface area contributed by atoms with Crippen LogP contribution in [0.1, 0.15) is 17.2 Å². The van der Waals surface area contributed by atoms with Gasteiger partial charge in [0.05, 0.1) is 18.7 Å². The Labute approximate surface area is 165 Å². The summed E-state index contributed by atoms with van der Waals surface area (Å²) in [5.74, 6) is -0.993. The maximum atomic E-state index is 12.7. The van der Waals surface area contributed by atoms with E-state index in [1.807, 2.05) is 0 Å². The molecular formula is C21H18BrNO4. The highest BCUT2D eigenvalue weighted by Gasteiger charge is 2.45. The van der Waals surface area contributed by atoms with Crippen molar-refractivity contribution in [1.82, 2.24) is 4.90 Å². The van der Waals surface area contributed by atoms with Gasteiger partial charge in [-0.05, 0) is 29.8 Å². The zero-order valence-electron chi connectivity index (χ0n) is 14.7. The number of methoxy groups -OCH3 is 1. The van der Waals surface area contributed by atoms with Crippen molar-refractivity contribution in [2.75, 3.05) is 13.7 Å². The molecule has 0 aromatic heterocycles. The molecular weight excluding hydrogens is 410 g/mol. The summed E-state index contributed by atoms with van der Waals surface area (Å²) in [5, 5.41) is 10.9. The molecule has 1 amide bonds. The average molecular weight is 428 g/mol. The molecule has 1 saturated heterocycles. The van der Waals surface area contributed by atoms with E-state index in [1.165, 1.54) is 4.90 Å². The van der Waals surface area contributed by atoms with Crippen molar-refractivity contribution in [2.24, 2.45) is 0 Å². The molecule has 27 heavy (non-hydrogen) atoms. The summed E-state index contributed by atoms with van der Waals surface area (Å²) in [7, 11) is 1.54. The Morgan fingerprint density at radius 3 is 2.59 bits per heavy atom. The Balaban J connectivity index is 2.20. The maximum absolute atomic E-state index is 12.7. The van der Waals surface area contributed by atoms with Gasteiger partial charge in [0, 0.05) is 16.6 Å². The summed E-state index contributed by atoms with van der Waals surface area (Å²) in [4.78, 5) is 26.7. The lowest BCUT2D eigenvalue weighted by Crippen LogP contribution is -2.29. The quantitative estimate of drug-likeness (QED) is 0.338. The molecule has 0 spiro atoms. The second-order valence-electron chi connectivity index (χ2n) is 6.02. The largest absolute Gasteiger partial charge is 0.507 e. The fourth-order valence-corrected chi connectivity index (χ4v) is 3.39. The number of Topliss-reactive ketones (excluding diaryl/α,β-unsaturated/α-hetero) is 1. The monoisotopic (exact) mass is 427 g/mol. The molecule has 0 saturated carbocycles. The lowest BCUT2D eigenvalue weighted by molar-refractivity contribution is -0.139. The molecule has 5 nitrogen and oxygen atoms in total. The highest BCUT2D eigenvalue weighted by Crippen LogP contribution is 2.40. The second-order valence-corrected chi connectivity index (χ2v) is 6.94. The minimum atomic E-state index is -0.721. The maximum Gasteiger partial charge on any atom is 0.295 e. The fraction of sp³-hybridized carbons (Fsp3) is 0.143. The number of ketones is 1. The van der Waals surface area contributed by atoms with Gasteiger partial charge in [-0.25, -0.2) is 0 Å². The summed E-state index contributed by atoms with van der Waals surface area (Å²) in [5.41, 5.74) is 1.19. The highest BCUT2D eigenvalue weighted by atomic mass is 79.9. The number of aliphatic hydroxyl groups is 1. The van der Waals surface area contributed by atoms with Gasteiger partial charge < -0.3 is 14.7 Å². The zero-order valence-corrected chi connectivity index (χ0v) is 16.3. The molecule has 3 rings (SSSR count). The van der Waals surface area contributed by atoms with Crippen LogP contribution < -0.4 is 4.74 Å². The molecule has 0 aliphatic carbocycles. The number of halogens is 1. The molecule has 1 aliphatic heterocycles. The van der Waals surface area contributed by atoms with E-state index in [2.05, 4.69) is 22.5 Å². The number of amides is 1. The van der Waals surface area contributed by atoms with Crippen LogP contribution in [0.5, 0.6) is 5.75 Å². The van der Waals surface area contributed by atoms with Gasteiger partial charge in [0.25, 0.3) is 11.7 Å². The molecule has 0 radical (unpaired) electrons. The molecule has 1 fully saturated rings. The number of nitrogens with zero attached hydrogens (tertiary/aromatic N) is 1. The van der Waals surface area contributed by atoms with Crippen molar-refractivity contribution < 1.29 is 19.4 Å². The molecule has 1 heterocycles. The molecule has 2 aromatic rings. The number of hydrogen-bond acceptors (Lipinski definition) is 4. The fourth-order valence-electron chi connectivity index (χ4n) is 3.13. The van der Waals surface area contributed by atoms with E-state index in [9.17, 15) is 14.7 Å². The third-order valence-corrected chi connectivity index (χ3v) is 4.92. The predicted octanol–water partition coefficient (Wildman–Crippen LogP) is 4.07. The SMILES string of the molecule is C=CCN1C(=O)C(=O)C(=C(O)c2ccc(Br)cc2)[C@H]1c1cccc(OC)c1. The lowest BCUT2D eigenvalue weighted by atomic mass is 9.95. The van der Waals surface area contributed by atoms with E-state index >= 15 is 0 Å². The lowest BCUT2D eigenvalue weighted by Gasteiger charge is -2.24. The van der Waals surface area contributed by atoms with E-state index in [0.29, 0.717) is 16.9 Å².